The first-order chi connectivity index (χ1) is 13.2. The van der Waals surface area contributed by atoms with Crippen molar-refractivity contribution in [1.82, 2.24) is 5.32 Å². The second-order valence-electron chi connectivity index (χ2n) is 6.71. The molecule has 2 aromatic rings. The van der Waals surface area contributed by atoms with Gasteiger partial charge in [-0.3, -0.25) is 4.79 Å². The molecule has 1 unspecified atom stereocenters. The maximum absolute atomic E-state index is 12.3. The van der Waals surface area contributed by atoms with Crippen molar-refractivity contribution in [2.75, 3.05) is 0 Å². The van der Waals surface area contributed by atoms with Gasteiger partial charge >= 0.3 is 6.09 Å². The molecule has 1 N–H and O–H groups in total. The molecule has 1 atom stereocenters. The van der Waals surface area contributed by atoms with E-state index in [1.807, 2.05) is 30.3 Å². The average molecular weight is 371 g/mol. The number of hydrogen-bond donors (Lipinski definition) is 1. The molecular weight excluding hydrogens is 342 g/mol. The zero-order chi connectivity index (χ0) is 19.3. The van der Waals surface area contributed by atoms with E-state index in [2.05, 4.69) is 12.2 Å². The summed E-state index contributed by atoms with van der Waals surface area (Å²) in [6.07, 6.45) is 7.58. The predicted molar refractivity (Wildman–Crippen MR) is 105 cm³/mol. The van der Waals surface area contributed by atoms with Crippen LogP contribution in [0.15, 0.2) is 53.1 Å². The zero-order valence-corrected chi connectivity index (χ0v) is 16.0. The molecule has 1 aromatic carbocycles. The maximum atomic E-state index is 12.3. The van der Waals surface area contributed by atoms with Crippen LogP contribution in [0.5, 0.6) is 0 Å². The fourth-order valence-electron chi connectivity index (χ4n) is 2.91. The number of rotatable bonds is 12. The number of ketones is 1. The summed E-state index contributed by atoms with van der Waals surface area (Å²) in [7, 11) is 0. The summed E-state index contributed by atoms with van der Waals surface area (Å²) < 4.78 is 10.5. The fourth-order valence-corrected chi connectivity index (χ4v) is 2.91. The Balaban J connectivity index is 1.83. The summed E-state index contributed by atoms with van der Waals surface area (Å²) in [6, 6.07) is 12.6. The summed E-state index contributed by atoms with van der Waals surface area (Å²) in [6.45, 7) is 2.39. The van der Waals surface area contributed by atoms with Gasteiger partial charge in [0.25, 0.3) is 0 Å². The molecule has 0 spiro atoms. The van der Waals surface area contributed by atoms with E-state index in [1.54, 1.807) is 12.1 Å². The van der Waals surface area contributed by atoms with E-state index in [1.165, 1.54) is 25.5 Å². The van der Waals surface area contributed by atoms with E-state index in [0.29, 0.717) is 5.76 Å². The Morgan fingerprint density at radius 1 is 1.04 bits per heavy atom. The van der Waals surface area contributed by atoms with Crippen LogP contribution in [0.1, 0.15) is 68.0 Å². The smallest absolute Gasteiger partial charge is 0.407 e. The third-order valence-corrected chi connectivity index (χ3v) is 4.42. The van der Waals surface area contributed by atoms with Crippen LogP contribution in [0.3, 0.4) is 0 Å². The van der Waals surface area contributed by atoms with Gasteiger partial charge in [0.05, 0.1) is 6.26 Å². The van der Waals surface area contributed by atoms with Crippen LogP contribution in [0.25, 0.3) is 0 Å². The molecule has 0 aliphatic rings. The summed E-state index contributed by atoms with van der Waals surface area (Å²) in [5.41, 5.74) is 0.926. The van der Waals surface area contributed by atoms with E-state index in [-0.39, 0.29) is 24.9 Å². The highest BCUT2D eigenvalue weighted by Crippen LogP contribution is 2.13. The largest absolute Gasteiger partial charge is 0.461 e. The van der Waals surface area contributed by atoms with Gasteiger partial charge < -0.3 is 14.5 Å². The standard InChI is InChI=1S/C22H29NO4/c1-2-3-4-5-9-13-19(16-20(24)21-14-10-15-26-21)23-22(25)27-17-18-11-7-6-8-12-18/h6-8,10-12,14-15,19H,2-5,9,13,16-17H2,1H3,(H,23,25). The lowest BCUT2D eigenvalue weighted by molar-refractivity contribution is 0.0933. The van der Waals surface area contributed by atoms with Crippen molar-refractivity contribution in [3.8, 4) is 0 Å². The molecule has 0 fully saturated rings. The van der Waals surface area contributed by atoms with Gasteiger partial charge in [-0.15, -0.1) is 0 Å². The lowest BCUT2D eigenvalue weighted by Gasteiger charge is -2.18. The van der Waals surface area contributed by atoms with Gasteiger partial charge in [0.2, 0.25) is 0 Å². The molecule has 1 amide bonds. The highest BCUT2D eigenvalue weighted by atomic mass is 16.5. The summed E-state index contributed by atoms with van der Waals surface area (Å²) in [5.74, 6) is 0.215. The minimum absolute atomic E-state index is 0.109. The minimum atomic E-state index is -0.496. The third kappa shape index (κ3) is 8.11. The van der Waals surface area contributed by atoms with E-state index < -0.39 is 6.09 Å². The van der Waals surface area contributed by atoms with Gasteiger partial charge in [0.1, 0.15) is 6.61 Å². The number of ether oxygens (including phenoxy) is 1. The number of carbonyl (C=O) groups excluding carboxylic acids is 2. The highest BCUT2D eigenvalue weighted by Gasteiger charge is 2.19. The first-order valence-electron chi connectivity index (χ1n) is 9.73. The topological polar surface area (TPSA) is 68.5 Å². The Morgan fingerprint density at radius 2 is 1.81 bits per heavy atom. The van der Waals surface area contributed by atoms with E-state index in [4.69, 9.17) is 9.15 Å². The number of carbonyl (C=O) groups is 2. The van der Waals surface area contributed by atoms with Crippen molar-refractivity contribution >= 4 is 11.9 Å². The molecule has 146 valence electrons. The zero-order valence-electron chi connectivity index (χ0n) is 16.0. The molecule has 1 heterocycles. The average Bonchev–Trinajstić information content (AvgIpc) is 3.22. The van der Waals surface area contributed by atoms with Gasteiger partial charge in [0.15, 0.2) is 11.5 Å². The Morgan fingerprint density at radius 3 is 2.52 bits per heavy atom. The molecule has 0 bridgehead atoms. The second-order valence-corrected chi connectivity index (χ2v) is 6.71. The van der Waals surface area contributed by atoms with Gasteiger partial charge in [0, 0.05) is 12.5 Å². The van der Waals surface area contributed by atoms with Crippen molar-refractivity contribution in [2.45, 2.75) is 64.5 Å². The van der Waals surface area contributed by atoms with E-state index >= 15 is 0 Å². The molecule has 0 aliphatic carbocycles. The van der Waals surface area contributed by atoms with Crippen LogP contribution < -0.4 is 5.32 Å². The van der Waals surface area contributed by atoms with Crippen LogP contribution in [0, 0.1) is 0 Å². The van der Waals surface area contributed by atoms with Crippen LogP contribution in [-0.2, 0) is 11.3 Å². The van der Waals surface area contributed by atoms with Crippen LogP contribution >= 0.6 is 0 Å². The lowest BCUT2D eigenvalue weighted by Crippen LogP contribution is -2.36. The van der Waals surface area contributed by atoms with Crippen molar-refractivity contribution in [3.63, 3.8) is 0 Å². The Hall–Kier alpha value is -2.56. The summed E-state index contributed by atoms with van der Waals surface area (Å²) in [5, 5.41) is 2.85. The minimum Gasteiger partial charge on any atom is -0.461 e. The second kappa shape index (κ2) is 11.9. The number of nitrogens with one attached hydrogen (secondary N) is 1. The monoisotopic (exact) mass is 371 g/mol. The number of Topliss-reactive ketones (excluding diaryl/α,β-unsaturated/α-hetero) is 1. The molecule has 1 aromatic heterocycles. The number of unbranched alkanes of at least 4 members (excludes halogenated alkanes) is 4. The van der Waals surface area contributed by atoms with Crippen LogP contribution in [-0.4, -0.2) is 17.9 Å². The Labute approximate surface area is 161 Å². The summed E-state index contributed by atoms with van der Waals surface area (Å²) in [4.78, 5) is 24.5. The van der Waals surface area contributed by atoms with Crippen molar-refractivity contribution in [3.05, 3.63) is 60.1 Å². The molecule has 5 heteroatoms. The van der Waals surface area contributed by atoms with Gasteiger partial charge in [-0.05, 0) is 24.1 Å². The molecule has 0 aliphatic heterocycles. The van der Waals surface area contributed by atoms with E-state index in [9.17, 15) is 9.59 Å². The van der Waals surface area contributed by atoms with E-state index in [0.717, 1.165) is 24.8 Å². The maximum Gasteiger partial charge on any atom is 0.407 e. The molecule has 0 saturated carbocycles. The number of furan rings is 1. The molecule has 0 saturated heterocycles. The molecule has 27 heavy (non-hydrogen) atoms. The first-order valence-corrected chi connectivity index (χ1v) is 9.73. The van der Waals surface area contributed by atoms with Gasteiger partial charge in [-0.2, -0.15) is 0 Å². The van der Waals surface area contributed by atoms with Crippen LogP contribution in [0.2, 0.25) is 0 Å². The molecule has 2 rings (SSSR count). The quantitative estimate of drug-likeness (QED) is 0.395. The first kappa shape index (κ1) is 20.7. The Kier molecular flexibility index (Phi) is 9.18. The number of amides is 1. The summed E-state index contributed by atoms with van der Waals surface area (Å²) >= 11 is 0. The van der Waals surface area contributed by atoms with Crippen molar-refractivity contribution < 1.29 is 18.7 Å². The number of alkyl carbamates (subject to hydrolysis) is 1. The number of benzene rings is 1. The number of hydrogen-bond acceptors (Lipinski definition) is 4. The van der Waals surface area contributed by atoms with Crippen LogP contribution in [0.4, 0.5) is 4.79 Å². The fraction of sp³-hybridized carbons (Fsp3) is 0.455. The molecule has 0 radical (unpaired) electrons. The molecular formula is C22H29NO4. The van der Waals surface area contributed by atoms with Crippen molar-refractivity contribution in [1.29, 1.82) is 0 Å². The molecule has 5 nitrogen and oxygen atoms in total. The highest BCUT2D eigenvalue weighted by molar-refractivity contribution is 5.94. The normalized spacial score (nSPS) is 11.7. The van der Waals surface area contributed by atoms with Crippen molar-refractivity contribution in [2.24, 2.45) is 0 Å². The van der Waals surface area contributed by atoms with Gasteiger partial charge in [-0.25, -0.2) is 4.79 Å². The third-order valence-electron chi connectivity index (χ3n) is 4.42. The lowest BCUT2D eigenvalue weighted by atomic mass is 10.0. The Bertz CT molecular complexity index is 667. The predicted octanol–water partition coefficient (Wildman–Crippen LogP) is 5.51. The van der Waals surface area contributed by atoms with Gasteiger partial charge in [-0.1, -0.05) is 69.4 Å². The SMILES string of the molecule is CCCCCCCC(CC(=O)c1ccco1)NC(=O)OCc1ccccc1.